The normalized spacial score (nSPS) is 19.2. The highest BCUT2D eigenvalue weighted by Gasteiger charge is 2.52. The Morgan fingerprint density at radius 3 is 2.32 bits per heavy atom. The molecule has 0 aliphatic carbocycles. The molecular weight excluding hydrogens is 342 g/mol. The van der Waals surface area contributed by atoms with Gasteiger partial charge in [-0.2, -0.15) is 0 Å². The molecule has 8 heteroatoms. The number of rotatable bonds is 4. The summed E-state index contributed by atoms with van der Waals surface area (Å²) in [5.74, 6) is -0.534. The van der Waals surface area contributed by atoms with Gasteiger partial charge in [0, 0.05) is 17.3 Å². The van der Waals surface area contributed by atoms with Crippen molar-refractivity contribution in [1.29, 1.82) is 0 Å². The van der Waals surface area contributed by atoms with Crippen LogP contribution >= 0.6 is 11.6 Å². The first kappa shape index (κ1) is 19.8. The fourth-order valence-corrected chi connectivity index (χ4v) is 2.65. The van der Waals surface area contributed by atoms with Gasteiger partial charge >= 0.3 is 13.1 Å². The Bertz CT molecular complexity index is 703. The smallest absolute Gasteiger partial charge is 0.465 e. The van der Waals surface area contributed by atoms with Gasteiger partial charge in [-0.25, -0.2) is 4.79 Å². The predicted octanol–water partition coefficient (Wildman–Crippen LogP) is 2.68. The third-order valence-electron chi connectivity index (χ3n) is 4.71. The van der Waals surface area contributed by atoms with Crippen molar-refractivity contribution in [3.8, 4) is 0 Å². The molecule has 0 atom stereocenters. The molecule has 2 rings (SSSR count). The molecule has 1 aromatic carbocycles. The van der Waals surface area contributed by atoms with Gasteiger partial charge in [-0.15, -0.1) is 0 Å². The molecular formula is C17H24BClN2O4. The Morgan fingerprint density at radius 2 is 1.84 bits per heavy atom. The van der Waals surface area contributed by atoms with Crippen LogP contribution in [-0.4, -0.2) is 37.9 Å². The molecule has 1 saturated heterocycles. The molecule has 1 heterocycles. The number of hydrogen-bond donors (Lipinski definition) is 2. The minimum absolute atomic E-state index is 0.213. The second kappa shape index (κ2) is 7.00. The van der Waals surface area contributed by atoms with Crippen LogP contribution in [-0.2, 0) is 14.0 Å². The second-order valence-electron chi connectivity index (χ2n) is 6.96. The van der Waals surface area contributed by atoms with E-state index in [4.69, 9.17) is 37.1 Å². The van der Waals surface area contributed by atoms with E-state index in [-0.39, 0.29) is 17.8 Å². The van der Waals surface area contributed by atoms with E-state index in [0.29, 0.717) is 16.1 Å². The zero-order chi connectivity index (χ0) is 19.0. The van der Waals surface area contributed by atoms with Crippen LogP contribution in [0.1, 0.15) is 43.6 Å². The van der Waals surface area contributed by atoms with Gasteiger partial charge in [-0.05, 0) is 50.9 Å². The first-order valence-corrected chi connectivity index (χ1v) is 8.33. The molecule has 1 aliphatic rings. The van der Waals surface area contributed by atoms with Crippen molar-refractivity contribution in [2.75, 3.05) is 19.4 Å². The Hall–Kier alpha value is -1.54. The van der Waals surface area contributed by atoms with Crippen LogP contribution in [0.5, 0.6) is 0 Å². The van der Waals surface area contributed by atoms with E-state index in [9.17, 15) is 4.79 Å². The van der Waals surface area contributed by atoms with E-state index in [0.717, 1.165) is 0 Å². The number of nitrogen functional groups attached to an aromatic ring is 1. The highest BCUT2D eigenvalue weighted by atomic mass is 35.5. The summed E-state index contributed by atoms with van der Waals surface area (Å²) in [6.07, 6.45) is 1.76. The highest BCUT2D eigenvalue weighted by Crippen LogP contribution is 2.39. The third kappa shape index (κ3) is 3.85. The maximum atomic E-state index is 11.8. The zero-order valence-corrected chi connectivity index (χ0v) is 15.9. The minimum atomic E-state index is -0.592. The summed E-state index contributed by atoms with van der Waals surface area (Å²) >= 11 is 6.27. The summed E-state index contributed by atoms with van der Waals surface area (Å²) in [5, 5.41) is 0.396. The fraction of sp³-hybridized carbons (Fsp3) is 0.471. The van der Waals surface area contributed by atoms with E-state index in [2.05, 4.69) is 0 Å². The summed E-state index contributed by atoms with van der Waals surface area (Å²) in [6, 6.07) is 3.09. The van der Waals surface area contributed by atoms with Gasteiger partial charge < -0.3 is 25.5 Å². The minimum Gasteiger partial charge on any atom is -0.465 e. The van der Waals surface area contributed by atoms with Gasteiger partial charge in [0.15, 0.2) is 0 Å². The van der Waals surface area contributed by atoms with Gasteiger partial charge in [-0.3, -0.25) is 0 Å². The molecule has 0 radical (unpaired) electrons. The van der Waals surface area contributed by atoms with Gasteiger partial charge in [0.05, 0.1) is 23.9 Å². The van der Waals surface area contributed by atoms with Gasteiger partial charge in [-0.1, -0.05) is 17.7 Å². The summed E-state index contributed by atoms with van der Waals surface area (Å²) in [7, 11) is 0.701. The maximum Gasteiger partial charge on any atom is 0.491 e. The van der Waals surface area contributed by atoms with Crippen LogP contribution in [0.15, 0.2) is 17.6 Å². The molecule has 0 amide bonds. The average molecular weight is 367 g/mol. The van der Waals surface area contributed by atoms with Crippen molar-refractivity contribution in [1.82, 2.24) is 0 Å². The quantitative estimate of drug-likeness (QED) is 0.483. The molecule has 4 N–H and O–H groups in total. The lowest BCUT2D eigenvalue weighted by Crippen LogP contribution is -2.41. The molecule has 0 spiro atoms. The number of halogens is 1. The van der Waals surface area contributed by atoms with E-state index >= 15 is 0 Å². The maximum absolute atomic E-state index is 11.8. The van der Waals surface area contributed by atoms with Crippen LogP contribution in [0.2, 0.25) is 5.02 Å². The van der Waals surface area contributed by atoms with Crippen LogP contribution in [0, 0.1) is 0 Å². The summed E-state index contributed by atoms with van der Waals surface area (Å²) in [5.41, 5.74) is 12.6. The van der Waals surface area contributed by atoms with E-state index in [1.54, 1.807) is 12.1 Å². The van der Waals surface area contributed by atoms with Crippen LogP contribution in [0.25, 0.3) is 6.08 Å². The third-order valence-corrected chi connectivity index (χ3v) is 5.03. The van der Waals surface area contributed by atoms with Crippen LogP contribution in [0.4, 0.5) is 5.69 Å². The van der Waals surface area contributed by atoms with Crippen LogP contribution in [0.3, 0.4) is 0 Å². The van der Waals surface area contributed by atoms with Crippen molar-refractivity contribution >= 4 is 36.5 Å². The van der Waals surface area contributed by atoms with Gasteiger partial charge in [0.2, 0.25) is 0 Å². The van der Waals surface area contributed by atoms with E-state index in [1.807, 2.05) is 27.7 Å². The number of benzene rings is 1. The number of carbonyl (C=O) groups excluding carboxylic acids is 1. The van der Waals surface area contributed by atoms with Crippen molar-refractivity contribution < 1.29 is 18.8 Å². The Labute approximate surface area is 153 Å². The summed E-state index contributed by atoms with van der Waals surface area (Å²) in [6.45, 7) is 8.07. The van der Waals surface area contributed by atoms with Crippen LogP contribution < -0.4 is 11.5 Å². The average Bonchev–Trinajstić information content (AvgIpc) is 2.73. The number of ether oxygens (including phenoxy) is 1. The number of anilines is 1. The van der Waals surface area contributed by atoms with Crippen molar-refractivity contribution in [3.05, 3.63) is 33.8 Å². The number of methoxy groups -OCH3 is 1. The first-order chi connectivity index (χ1) is 11.5. The SMILES string of the molecule is COC(=O)c1cc(C=C(CN)B2OC(C)(C)C(C)(C)O2)c(Cl)cc1N. The predicted molar refractivity (Wildman–Crippen MR) is 100 cm³/mol. The van der Waals surface area contributed by atoms with Crippen molar-refractivity contribution in [3.63, 3.8) is 0 Å². The first-order valence-electron chi connectivity index (χ1n) is 7.96. The van der Waals surface area contributed by atoms with Gasteiger partial charge in [0.1, 0.15) is 0 Å². The lowest BCUT2D eigenvalue weighted by molar-refractivity contribution is 0.00578. The van der Waals surface area contributed by atoms with Gasteiger partial charge in [0.25, 0.3) is 0 Å². The molecule has 6 nitrogen and oxygen atoms in total. The number of esters is 1. The highest BCUT2D eigenvalue weighted by molar-refractivity contribution is 6.56. The summed E-state index contributed by atoms with van der Waals surface area (Å²) < 4.78 is 16.8. The standard InChI is InChI=1S/C17H24BClN2O4/c1-16(2)17(3,4)25-18(24-16)11(9-20)6-10-7-12(15(22)23-5)14(21)8-13(10)19/h6-8H,9,20-21H2,1-5H3. The Kier molecular flexibility index (Phi) is 5.54. The molecule has 1 aromatic rings. The molecule has 136 valence electrons. The summed E-state index contributed by atoms with van der Waals surface area (Å²) in [4.78, 5) is 11.8. The fourth-order valence-electron chi connectivity index (χ4n) is 2.42. The monoisotopic (exact) mass is 366 g/mol. The van der Waals surface area contributed by atoms with E-state index < -0.39 is 24.3 Å². The second-order valence-corrected chi connectivity index (χ2v) is 7.37. The topological polar surface area (TPSA) is 96.8 Å². The number of nitrogens with two attached hydrogens (primary N) is 2. The Balaban J connectivity index is 2.42. The molecule has 0 aromatic heterocycles. The number of carbonyl (C=O) groups is 1. The number of hydrogen-bond acceptors (Lipinski definition) is 6. The lowest BCUT2D eigenvalue weighted by atomic mass is 9.77. The molecule has 1 fully saturated rings. The Morgan fingerprint density at radius 1 is 1.28 bits per heavy atom. The van der Waals surface area contributed by atoms with E-state index in [1.165, 1.54) is 13.2 Å². The molecule has 0 saturated carbocycles. The lowest BCUT2D eigenvalue weighted by Gasteiger charge is -2.32. The van der Waals surface area contributed by atoms with Crippen molar-refractivity contribution in [2.24, 2.45) is 5.73 Å². The molecule has 25 heavy (non-hydrogen) atoms. The zero-order valence-electron chi connectivity index (χ0n) is 15.2. The largest absolute Gasteiger partial charge is 0.491 e. The molecule has 1 aliphatic heterocycles. The van der Waals surface area contributed by atoms with Crippen molar-refractivity contribution in [2.45, 2.75) is 38.9 Å². The molecule has 0 bridgehead atoms. The molecule has 0 unspecified atom stereocenters.